The largest absolute Gasteiger partial charge is 0.467 e. The molecule has 3 rings (SSSR count). The van der Waals surface area contributed by atoms with E-state index in [9.17, 15) is 14.0 Å². The van der Waals surface area contributed by atoms with Crippen LogP contribution in [0.3, 0.4) is 0 Å². The van der Waals surface area contributed by atoms with Gasteiger partial charge in [0.2, 0.25) is 5.76 Å². The SMILES string of the molecule is C[C@@H](NC(=O)COC(=O)c1ccc(-c2ccccc2F)o1)c1ccco1. The lowest BCUT2D eigenvalue weighted by Crippen LogP contribution is -2.30. The fraction of sp³-hybridized carbons (Fsp3) is 0.158. The van der Waals surface area contributed by atoms with Crippen LogP contribution in [0.25, 0.3) is 11.3 Å². The topological polar surface area (TPSA) is 81.7 Å². The van der Waals surface area contributed by atoms with Crippen LogP contribution in [0.15, 0.2) is 63.6 Å². The van der Waals surface area contributed by atoms with Crippen molar-refractivity contribution >= 4 is 11.9 Å². The van der Waals surface area contributed by atoms with Crippen molar-refractivity contribution in [2.24, 2.45) is 0 Å². The summed E-state index contributed by atoms with van der Waals surface area (Å²) >= 11 is 0. The van der Waals surface area contributed by atoms with Crippen LogP contribution in [0.2, 0.25) is 0 Å². The molecule has 0 fully saturated rings. The van der Waals surface area contributed by atoms with Gasteiger partial charge in [-0.3, -0.25) is 4.79 Å². The van der Waals surface area contributed by atoms with Crippen LogP contribution in [-0.2, 0) is 9.53 Å². The third-order valence-electron chi connectivity index (χ3n) is 3.63. The first kappa shape index (κ1) is 17.5. The van der Waals surface area contributed by atoms with Gasteiger partial charge in [-0.05, 0) is 43.3 Å². The van der Waals surface area contributed by atoms with E-state index in [-0.39, 0.29) is 23.1 Å². The third kappa shape index (κ3) is 4.00. The number of halogens is 1. The summed E-state index contributed by atoms with van der Waals surface area (Å²) in [7, 11) is 0. The molecule has 2 heterocycles. The number of ether oxygens (including phenoxy) is 1. The summed E-state index contributed by atoms with van der Waals surface area (Å²) in [4.78, 5) is 23.8. The van der Waals surface area contributed by atoms with Gasteiger partial charge in [0.15, 0.2) is 6.61 Å². The normalized spacial score (nSPS) is 11.8. The molecule has 1 aromatic carbocycles. The molecule has 1 amide bonds. The van der Waals surface area contributed by atoms with Gasteiger partial charge >= 0.3 is 5.97 Å². The fourth-order valence-corrected chi connectivity index (χ4v) is 2.35. The Hall–Kier alpha value is -3.35. The van der Waals surface area contributed by atoms with Crippen LogP contribution in [-0.4, -0.2) is 18.5 Å². The van der Waals surface area contributed by atoms with Gasteiger partial charge in [-0.2, -0.15) is 0 Å². The van der Waals surface area contributed by atoms with Gasteiger partial charge in [-0.1, -0.05) is 12.1 Å². The number of carbonyl (C=O) groups is 2. The summed E-state index contributed by atoms with van der Waals surface area (Å²) in [6.07, 6.45) is 1.50. The molecule has 0 saturated heterocycles. The van der Waals surface area contributed by atoms with Crippen LogP contribution in [0.1, 0.15) is 29.3 Å². The Morgan fingerprint density at radius 2 is 1.96 bits per heavy atom. The number of furan rings is 2. The van der Waals surface area contributed by atoms with Crippen LogP contribution >= 0.6 is 0 Å². The first-order valence-electron chi connectivity index (χ1n) is 7.89. The molecule has 26 heavy (non-hydrogen) atoms. The predicted octanol–water partition coefficient (Wildman–Crippen LogP) is 3.71. The second-order valence-electron chi connectivity index (χ2n) is 5.52. The lowest BCUT2D eigenvalue weighted by Gasteiger charge is -2.11. The van der Waals surface area contributed by atoms with Gasteiger partial charge in [0.05, 0.1) is 17.9 Å². The van der Waals surface area contributed by atoms with E-state index < -0.39 is 24.3 Å². The number of benzene rings is 1. The second kappa shape index (κ2) is 7.69. The first-order chi connectivity index (χ1) is 12.5. The lowest BCUT2D eigenvalue weighted by atomic mass is 10.1. The molecular formula is C19H16FNO5. The van der Waals surface area contributed by atoms with E-state index in [1.807, 2.05) is 0 Å². The van der Waals surface area contributed by atoms with Crippen molar-refractivity contribution in [2.45, 2.75) is 13.0 Å². The number of esters is 1. The molecule has 0 aliphatic heterocycles. The molecule has 0 bridgehead atoms. The summed E-state index contributed by atoms with van der Waals surface area (Å²) in [5, 5.41) is 2.64. The highest BCUT2D eigenvalue weighted by atomic mass is 19.1. The van der Waals surface area contributed by atoms with Crippen molar-refractivity contribution < 1.29 is 27.6 Å². The van der Waals surface area contributed by atoms with Crippen LogP contribution in [0, 0.1) is 5.82 Å². The standard InChI is InChI=1S/C19H16FNO5/c1-12(15-7-4-10-24-15)21-18(22)11-25-19(23)17-9-8-16(26-17)13-5-2-3-6-14(13)20/h2-10,12H,11H2,1H3,(H,21,22)/t12-/m1/s1. The highest BCUT2D eigenvalue weighted by Gasteiger charge is 2.18. The van der Waals surface area contributed by atoms with Gasteiger partial charge in [0.1, 0.15) is 17.3 Å². The molecule has 7 heteroatoms. The highest BCUT2D eigenvalue weighted by Crippen LogP contribution is 2.25. The van der Waals surface area contributed by atoms with E-state index >= 15 is 0 Å². The lowest BCUT2D eigenvalue weighted by molar-refractivity contribution is -0.125. The molecular weight excluding hydrogens is 341 g/mol. The number of amides is 1. The molecule has 0 aliphatic rings. The zero-order valence-corrected chi connectivity index (χ0v) is 13.9. The van der Waals surface area contributed by atoms with Gasteiger partial charge in [-0.15, -0.1) is 0 Å². The molecule has 134 valence electrons. The Bertz CT molecular complexity index is 900. The van der Waals surface area contributed by atoms with Gasteiger partial charge in [0, 0.05) is 0 Å². The number of hydrogen-bond acceptors (Lipinski definition) is 5. The Morgan fingerprint density at radius 3 is 2.69 bits per heavy atom. The van der Waals surface area contributed by atoms with Crippen molar-refractivity contribution in [3.05, 3.63) is 72.1 Å². The summed E-state index contributed by atoms with van der Waals surface area (Å²) in [5.74, 6) is -1.09. The summed E-state index contributed by atoms with van der Waals surface area (Å²) in [5.41, 5.74) is 0.233. The molecule has 0 spiro atoms. The molecule has 1 atom stereocenters. The minimum atomic E-state index is -0.812. The minimum Gasteiger partial charge on any atom is -0.467 e. The number of nitrogens with one attached hydrogen (secondary N) is 1. The Labute approximate surface area is 148 Å². The monoisotopic (exact) mass is 357 g/mol. The molecule has 3 aromatic rings. The van der Waals surface area contributed by atoms with Crippen molar-refractivity contribution in [1.29, 1.82) is 0 Å². The minimum absolute atomic E-state index is 0.116. The Kier molecular flexibility index (Phi) is 5.17. The molecule has 1 N–H and O–H groups in total. The summed E-state index contributed by atoms with van der Waals surface area (Å²) in [6.45, 7) is 1.27. The van der Waals surface area contributed by atoms with Crippen molar-refractivity contribution in [3.8, 4) is 11.3 Å². The van der Waals surface area contributed by atoms with E-state index in [0.29, 0.717) is 5.76 Å². The van der Waals surface area contributed by atoms with Crippen LogP contribution < -0.4 is 5.32 Å². The van der Waals surface area contributed by atoms with E-state index in [1.165, 1.54) is 30.5 Å². The second-order valence-corrected chi connectivity index (χ2v) is 5.52. The number of carbonyl (C=O) groups excluding carboxylic acids is 2. The van der Waals surface area contributed by atoms with Crippen LogP contribution in [0.4, 0.5) is 4.39 Å². The molecule has 0 aliphatic carbocycles. The maximum Gasteiger partial charge on any atom is 0.374 e. The number of hydrogen-bond donors (Lipinski definition) is 1. The molecule has 0 saturated carbocycles. The smallest absolute Gasteiger partial charge is 0.374 e. The third-order valence-corrected chi connectivity index (χ3v) is 3.63. The summed E-state index contributed by atoms with van der Waals surface area (Å²) in [6, 6.07) is 12.0. The summed E-state index contributed by atoms with van der Waals surface area (Å²) < 4.78 is 29.2. The van der Waals surface area contributed by atoms with Gasteiger partial charge in [-0.25, -0.2) is 9.18 Å². The Balaban J connectivity index is 1.55. The van der Waals surface area contributed by atoms with E-state index in [0.717, 1.165) is 0 Å². The van der Waals surface area contributed by atoms with Gasteiger partial charge in [0.25, 0.3) is 5.91 Å². The highest BCUT2D eigenvalue weighted by molar-refractivity contribution is 5.89. The fourth-order valence-electron chi connectivity index (χ4n) is 2.35. The predicted molar refractivity (Wildman–Crippen MR) is 89.7 cm³/mol. The average Bonchev–Trinajstić information content (AvgIpc) is 3.32. The maximum atomic E-state index is 13.7. The van der Waals surface area contributed by atoms with E-state index in [2.05, 4.69) is 5.32 Å². The number of rotatable bonds is 6. The maximum absolute atomic E-state index is 13.7. The van der Waals surface area contributed by atoms with Gasteiger partial charge < -0.3 is 18.9 Å². The van der Waals surface area contributed by atoms with E-state index in [1.54, 1.807) is 31.2 Å². The zero-order valence-electron chi connectivity index (χ0n) is 13.9. The quantitative estimate of drug-likeness (QED) is 0.680. The molecule has 2 aromatic heterocycles. The average molecular weight is 357 g/mol. The van der Waals surface area contributed by atoms with E-state index in [4.69, 9.17) is 13.6 Å². The van der Waals surface area contributed by atoms with Crippen molar-refractivity contribution in [1.82, 2.24) is 5.32 Å². The van der Waals surface area contributed by atoms with Crippen molar-refractivity contribution in [3.63, 3.8) is 0 Å². The first-order valence-corrected chi connectivity index (χ1v) is 7.89. The Morgan fingerprint density at radius 1 is 1.15 bits per heavy atom. The van der Waals surface area contributed by atoms with Crippen molar-refractivity contribution in [2.75, 3.05) is 6.61 Å². The molecule has 0 radical (unpaired) electrons. The molecule has 0 unspecified atom stereocenters. The van der Waals surface area contributed by atoms with Crippen LogP contribution in [0.5, 0.6) is 0 Å². The molecule has 6 nitrogen and oxygen atoms in total. The zero-order chi connectivity index (χ0) is 18.5.